The Hall–Kier alpha value is -1.89. The van der Waals surface area contributed by atoms with Crippen LogP contribution in [0.1, 0.15) is 29.4 Å². The number of aromatic nitrogens is 1. The summed E-state index contributed by atoms with van der Waals surface area (Å²) in [7, 11) is 0. The second-order valence-corrected chi connectivity index (χ2v) is 4.94. The third-order valence-corrected chi connectivity index (χ3v) is 3.54. The fourth-order valence-electron chi connectivity index (χ4n) is 2.33. The monoisotopic (exact) mass is 286 g/mol. The molecule has 102 valence electrons. The Morgan fingerprint density at radius 3 is 2.45 bits per heavy atom. The molecule has 0 aliphatic rings. The molecule has 0 fully saturated rings. The molecule has 3 nitrogen and oxygen atoms in total. The molecule has 2 rings (SSSR count). The zero-order chi connectivity index (χ0) is 14.4. The highest BCUT2D eigenvalue weighted by Crippen LogP contribution is 2.35. The number of pyridine rings is 1. The summed E-state index contributed by atoms with van der Waals surface area (Å²) in [5, 5.41) is 19.2. The summed E-state index contributed by atoms with van der Waals surface area (Å²) in [6.07, 6.45) is 2.19. The predicted molar refractivity (Wildman–Crippen MR) is 78.5 cm³/mol. The first-order valence-corrected chi connectivity index (χ1v) is 6.81. The Morgan fingerprint density at radius 2 is 1.90 bits per heavy atom. The molecule has 2 aromatic rings. The first-order valence-electron chi connectivity index (χ1n) is 6.43. The maximum Gasteiger partial charge on any atom is 0.129 e. The lowest BCUT2D eigenvalue weighted by atomic mass is 9.81. The van der Waals surface area contributed by atoms with Crippen LogP contribution in [0.25, 0.3) is 0 Å². The van der Waals surface area contributed by atoms with E-state index in [0.29, 0.717) is 11.6 Å². The highest BCUT2D eigenvalue weighted by molar-refractivity contribution is 6.29. The van der Waals surface area contributed by atoms with Crippen LogP contribution in [0.3, 0.4) is 0 Å². The highest BCUT2D eigenvalue weighted by Gasteiger charge is 2.24. The van der Waals surface area contributed by atoms with Crippen molar-refractivity contribution in [3.63, 3.8) is 0 Å². The summed E-state index contributed by atoms with van der Waals surface area (Å²) in [6.45, 7) is 0.0261. The number of aliphatic hydroxyl groups is 1. The maximum atomic E-state index is 9.51. The van der Waals surface area contributed by atoms with Crippen LogP contribution in [0.4, 0.5) is 0 Å². The van der Waals surface area contributed by atoms with Crippen molar-refractivity contribution in [3.05, 3.63) is 64.9 Å². The van der Waals surface area contributed by atoms with Gasteiger partial charge >= 0.3 is 0 Å². The normalized spacial score (nSPS) is 13.4. The Kier molecular flexibility index (Phi) is 5.11. The molecule has 1 heterocycles. The molecular weight excluding hydrogens is 272 g/mol. The van der Waals surface area contributed by atoms with Crippen molar-refractivity contribution in [2.45, 2.75) is 18.3 Å². The lowest BCUT2D eigenvalue weighted by Gasteiger charge is -2.21. The van der Waals surface area contributed by atoms with Gasteiger partial charge in [0.2, 0.25) is 0 Å². The van der Waals surface area contributed by atoms with Crippen molar-refractivity contribution in [2.24, 2.45) is 0 Å². The minimum absolute atomic E-state index is 0.0261. The molecule has 0 spiro atoms. The fourth-order valence-corrected chi connectivity index (χ4v) is 2.44. The highest BCUT2D eigenvalue weighted by atomic mass is 35.5. The van der Waals surface area contributed by atoms with E-state index in [1.54, 1.807) is 12.3 Å². The maximum absolute atomic E-state index is 9.51. The molecule has 0 aliphatic carbocycles. The molecule has 0 bridgehead atoms. The van der Waals surface area contributed by atoms with Gasteiger partial charge in [-0.2, -0.15) is 5.26 Å². The van der Waals surface area contributed by atoms with Gasteiger partial charge in [-0.15, -0.1) is 0 Å². The van der Waals surface area contributed by atoms with Crippen LogP contribution in [0.5, 0.6) is 0 Å². The second-order valence-electron chi connectivity index (χ2n) is 4.55. The third-order valence-electron chi connectivity index (χ3n) is 3.32. The standard InChI is InChI=1S/C16H15ClN2O/c17-16-7-6-13(11-19-16)14(8-9-20)15(10-18)12-4-2-1-3-5-12/h1-7,11,14-15,20H,8-9H2/t14-,15+/m1/s1. The molecule has 20 heavy (non-hydrogen) atoms. The van der Waals surface area contributed by atoms with Gasteiger partial charge in [-0.3, -0.25) is 0 Å². The number of hydrogen-bond acceptors (Lipinski definition) is 3. The van der Waals surface area contributed by atoms with Gasteiger partial charge in [0.25, 0.3) is 0 Å². The first kappa shape index (κ1) is 14.5. The fraction of sp³-hybridized carbons (Fsp3) is 0.250. The van der Waals surface area contributed by atoms with Crippen molar-refractivity contribution in [3.8, 4) is 6.07 Å². The van der Waals surface area contributed by atoms with Crippen LogP contribution < -0.4 is 0 Å². The zero-order valence-electron chi connectivity index (χ0n) is 10.9. The van der Waals surface area contributed by atoms with E-state index in [-0.39, 0.29) is 18.4 Å². The number of nitriles is 1. The van der Waals surface area contributed by atoms with Gasteiger partial charge in [-0.05, 0) is 23.6 Å². The van der Waals surface area contributed by atoms with Gasteiger partial charge in [0.05, 0.1) is 12.0 Å². The molecule has 0 unspecified atom stereocenters. The van der Waals surface area contributed by atoms with Crippen LogP contribution in [-0.4, -0.2) is 16.7 Å². The van der Waals surface area contributed by atoms with E-state index in [1.807, 2.05) is 36.4 Å². The minimum atomic E-state index is -0.314. The van der Waals surface area contributed by atoms with E-state index in [1.165, 1.54) is 0 Å². The average molecular weight is 287 g/mol. The van der Waals surface area contributed by atoms with Crippen LogP contribution in [0, 0.1) is 11.3 Å². The molecule has 0 radical (unpaired) electrons. The van der Waals surface area contributed by atoms with Crippen molar-refractivity contribution in [2.75, 3.05) is 6.61 Å². The summed E-state index contributed by atoms with van der Waals surface area (Å²) >= 11 is 5.80. The lowest BCUT2D eigenvalue weighted by Crippen LogP contribution is -2.12. The van der Waals surface area contributed by atoms with E-state index in [4.69, 9.17) is 11.6 Å². The summed E-state index contributed by atoms with van der Waals surface area (Å²) < 4.78 is 0. The molecule has 1 aromatic heterocycles. The van der Waals surface area contributed by atoms with Gasteiger partial charge in [0, 0.05) is 18.7 Å². The summed E-state index contributed by atoms with van der Waals surface area (Å²) in [4.78, 5) is 4.07. The molecule has 0 saturated carbocycles. The quantitative estimate of drug-likeness (QED) is 0.856. The Bertz CT molecular complexity index is 578. The summed E-state index contributed by atoms with van der Waals surface area (Å²) in [6, 6.07) is 15.5. The molecule has 1 aromatic carbocycles. The minimum Gasteiger partial charge on any atom is -0.396 e. The van der Waals surface area contributed by atoms with Gasteiger partial charge in [0.1, 0.15) is 5.15 Å². The van der Waals surface area contributed by atoms with Crippen LogP contribution in [0.15, 0.2) is 48.7 Å². The van der Waals surface area contributed by atoms with Gasteiger partial charge in [0.15, 0.2) is 0 Å². The topological polar surface area (TPSA) is 56.9 Å². The summed E-state index contributed by atoms with van der Waals surface area (Å²) in [5.74, 6) is -0.413. The Labute approximate surface area is 123 Å². The molecule has 0 aliphatic heterocycles. The van der Waals surface area contributed by atoms with E-state index in [2.05, 4.69) is 11.1 Å². The summed E-state index contributed by atoms with van der Waals surface area (Å²) in [5.41, 5.74) is 1.86. The van der Waals surface area contributed by atoms with Gasteiger partial charge in [-0.1, -0.05) is 48.0 Å². The molecule has 0 amide bonds. The van der Waals surface area contributed by atoms with E-state index in [0.717, 1.165) is 11.1 Å². The van der Waals surface area contributed by atoms with E-state index >= 15 is 0 Å². The lowest BCUT2D eigenvalue weighted by molar-refractivity contribution is 0.272. The number of hydrogen-bond donors (Lipinski definition) is 1. The van der Waals surface area contributed by atoms with E-state index < -0.39 is 0 Å². The molecule has 4 heteroatoms. The molecule has 1 N–H and O–H groups in total. The third kappa shape index (κ3) is 3.36. The molecule has 0 saturated heterocycles. The van der Waals surface area contributed by atoms with Crippen molar-refractivity contribution in [1.82, 2.24) is 4.98 Å². The molecule has 2 atom stereocenters. The largest absolute Gasteiger partial charge is 0.396 e. The van der Waals surface area contributed by atoms with Crippen LogP contribution >= 0.6 is 11.6 Å². The number of rotatable bonds is 5. The van der Waals surface area contributed by atoms with Crippen LogP contribution in [-0.2, 0) is 0 Å². The number of benzene rings is 1. The first-order chi connectivity index (χ1) is 9.76. The smallest absolute Gasteiger partial charge is 0.129 e. The Morgan fingerprint density at radius 1 is 1.15 bits per heavy atom. The van der Waals surface area contributed by atoms with Gasteiger partial charge in [-0.25, -0.2) is 4.98 Å². The SMILES string of the molecule is N#C[C@@H](c1ccccc1)[C@H](CCO)c1ccc(Cl)nc1. The van der Waals surface area contributed by atoms with Crippen LogP contribution in [0.2, 0.25) is 5.15 Å². The predicted octanol–water partition coefficient (Wildman–Crippen LogP) is 3.51. The van der Waals surface area contributed by atoms with Crippen molar-refractivity contribution >= 4 is 11.6 Å². The van der Waals surface area contributed by atoms with Crippen molar-refractivity contribution < 1.29 is 5.11 Å². The number of nitrogens with zero attached hydrogens (tertiary/aromatic N) is 2. The Balaban J connectivity index is 2.36. The zero-order valence-corrected chi connectivity index (χ0v) is 11.7. The number of aliphatic hydroxyl groups excluding tert-OH is 1. The average Bonchev–Trinajstić information content (AvgIpc) is 2.49. The van der Waals surface area contributed by atoms with E-state index in [9.17, 15) is 10.4 Å². The molecular formula is C16H15ClN2O. The second kappa shape index (κ2) is 7.04. The van der Waals surface area contributed by atoms with Gasteiger partial charge < -0.3 is 5.11 Å². The number of halogens is 1. The van der Waals surface area contributed by atoms with Crippen molar-refractivity contribution in [1.29, 1.82) is 5.26 Å².